The average Bonchev–Trinajstić information content (AvgIpc) is 2.43. The summed E-state index contributed by atoms with van der Waals surface area (Å²) in [7, 11) is 0. The second-order valence-electron chi connectivity index (χ2n) is 4.76. The Bertz CT molecular complexity index is 469. The van der Waals surface area contributed by atoms with E-state index < -0.39 is 0 Å². The third-order valence-corrected chi connectivity index (χ3v) is 3.43. The molecule has 0 heterocycles. The van der Waals surface area contributed by atoms with E-state index in [0.717, 1.165) is 12.8 Å². The van der Waals surface area contributed by atoms with Gasteiger partial charge in [-0.25, -0.2) is 4.39 Å². The zero-order valence-corrected chi connectivity index (χ0v) is 11.7. The lowest BCUT2D eigenvalue weighted by Gasteiger charge is -2.23. The van der Waals surface area contributed by atoms with E-state index in [1.54, 1.807) is 12.1 Å². The molecule has 0 unspecified atom stereocenters. The Kier molecular flexibility index (Phi) is 5.54. The molecule has 0 aliphatic heterocycles. The number of benzene rings is 1. The third-order valence-electron chi connectivity index (χ3n) is 3.24. The van der Waals surface area contributed by atoms with E-state index in [1.807, 2.05) is 0 Å². The van der Waals surface area contributed by atoms with Crippen LogP contribution in [0.2, 0.25) is 0 Å². The Morgan fingerprint density at radius 1 is 1.26 bits per heavy atom. The van der Waals surface area contributed by atoms with E-state index in [9.17, 15) is 4.39 Å². The highest BCUT2D eigenvalue weighted by Crippen LogP contribution is 2.24. The van der Waals surface area contributed by atoms with Crippen LogP contribution in [0.1, 0.15) is 44.1 Å². The highest BCUT2D eigenvalue weighted by Gasteiger charge is 2.15. The molecule has 1 saturated carbocycles. The van der Waals surface area contributed by atoms with Crippen molar-refractivity contribution in [2.45, 2.75) is 44.6 Å². The zero-order chi connectivity index (χ0) is 13.5. The van der Waals surface area contributed by atoms with Crippen LogP contribution in [-0.2, 0) is 0 Å². The minimum atomic E-state index is -0.324. The molecule has 1 fully saturated rings. The number of alkyl halides is 1. The number of hydrogen-bond donors (Lipinski definition) is 0. The van der Waals surface area contributed by atoms with Gasteiger partial charge in [0.15, 0.2) is 0 Å². The summed E-state index contributed by atoms with van der Waals surface area (Å²) in [6.45, 7) is 0. The quantitative estimate of drug-likeness (QED) is 0.584. The van der Waals surface area contributed by atoms with Gasteiger partial charge in [0.2, 0.25) is 0 Å². The van der Waals surface area contributed by atoms with Crippen LogP contribution in [0.3, 0.4) is 0 Å². The van der Waals surface area contributed by atoms with Crippen molar-refractivity contribution in [1.29, 1.82) is 0 Å². The smallest absolute Gasteiger partial charge is 0.142 e. The van der Waals surface area contributed by atoms with Gasteiger partial charge in [0.1, 0.15) is 11.6 Å². The lowest BCUT2D eigenvalue weighted by Crippen LogP contribution is -2.19. The highest BCUT2D eigenvalue weighted by atomic mass is 35.5. The van der Waals surface area contributed by atoms with Crippen LogP contribution < -0.4 is 4.74 Å². The van der Waals surface area contributed by atoms with E-state index >= 15 is 0 Å². The Hall–Kier alpha value is -1.20. The molecule has 102 valence electrons. The summed E-state index contributed by atoms with van der Waals surface area (Å²) < 4.78 is 19.6. The van der Waals surface area contributed by atoms with Gasteiger partial charge in [-0.2, -0.15) is 0 Å². The molecule has 0 saturated heterocycles. The molecule has 3 heteroatoms. The van der Waals surface area contributed by atoms with Gasteiger partial charge in [0.25, 0.3) is 0 Å². The molecular weight excluding hydrogens is 263 g/mol. The molecular formula is C16H18ClFO. The van der Waals surface area contributed by atoms with Gasteiger partial charge in [0, 0.05) is 18.4 Å². The first-order valence-corrected chi connectivity index (χ1v) is 7.34. The van der Waals surface area contributed by atoms with Gasteiger partial charge in [-0.3, -0.25) is 0 Å². The molecule has 1 nitrogen and oxygen atoms in total. The normalized spacial score (nSPS) is 15.7. The maximum atomic E-state index is 13.8. The highest BCUT2D eigenvalue weighted by molar-refractivity contribution is 6.18. The third kappa shape index (κ3) is 4.44. The maximum Gasteiger partial charge on any atom is 0.142 e. The van der Waals surface area contributed by atoms with Crippen molar-refractivity contribution in [2.24, 2.45) is 0 Å². The Morgan fingerprint density at radius 3 is 2.74 bits per heavy atom. The van der Waals surface area contributed by atoms with Crippen molar-refractivity contribution in [3.05, 3.63) is 29.6 Å². The molecule has 0 bridgehead atoms. The number of hydrogen-bond acceptors (Lipinski definition) is 1. The van der Waals surface area contributed by atoms with Crippen molar-refractivity contribution >= 4 is 11.6 Å². The van der Waals surface area contributed by atoms with Crippen LogP contribution in [0.25, 0.3) is 0 Å². The van der Waals surface area contributed by atoms with Crippen LogP contribution in [-0.4, -0.2) is 12.0 Å². The first kappa shape index (κ1) is 14.2. The Morgan fingerprint density at radius 2 is 2.05 bits per heavy atom. The number of ether oxygens (including phenoxy) is 1. The molecule has 1 aromatic rings. The van der Waals surface area contributed by atoms with Crippen LogP contribution in [0.4, 0.5) is 4.39 Å². The van der Waals surface area contributed by atoms with Gasteiger partial charge >= 0.3 is 0 Å². The first-order valence-electron chi connectivity index (χ1n) is 6.80. The van der Waals surface area contributed by atoms with Crippen molar-refractivity contribution in [3.8, 4) is 17.6 Å². The lowest BCUT2D eigenvalue weighted by atomic mass is 9.98. The fourth-order valence-electron chi connectivity index (χ4n) is 2.25. The van der Waals surface area contributed by atoms with E-state index in [1.165, 1.54) is 25.3 Å². The van der Waals surface area contributed by atoms with E-state index in [4.69, 9.17) is 16.3 Å². The first-order chi connectivity index (χ1) is 9.29. The zero-order valence-electron chi connectivity index (χ0n) is 10.9. The summed E-state index contributed by atoms with van der Waals surface area (Å²) in [5, 5.41) is 0. The van der Waals surface area contributed by atoms with Gasteiger partial charge < -0.3 is 4.74 Å². The van der Waals surface area contributed by atoms with Gasteiger partial charge in [0.05, 0.1) is 11.7 Å². The average molecular weight is 281 g/mol. The predicted molar refractivity (Wildman–Crippen MR) is 76.1 cm³/mol. The van der Waals surface area contributed by atoms with Gasteiger partial charge in [-0.05, 0) is 37.8 Å². The minimum Gasteiger partial charge on any atom is -0.490 e. The molecule has 0 spiro atoms. The van der Waals surface area contributed by atoms with Gasteiger partial charge in [-0.1, -0.05) is 18.3 Å². The fraction of sp³-hybridized carbons (Fsp3) is 0.500. The molecule has 1 aliphatic rings. The molecule has 0 radical (unpaired) electrons. The molecule has 0 amide bonds. The van der Waals surface area contributed by atoms with Crippen LogP contribution in [0, 0.1) is 17.7 Å². The van der Waals surface area contributed by atoms with Crippen molar-refractivity contribution in [2.75, 3.05) is 5.88 Å². The summed E-state index contributed by atoms with van der Waals surface area (Å²) in [5.74, 6) is 6.36. The minimum absolute atomic E-state index is 0.237. The molecule has 2 rings (SSSR count). The second-order valence-corrected chi connectivity index (χ2v) is 5.14. The standard InChI is InChI=1S/C16H18ClFO/c17-11-5-4-6-13-9-10-15(12-16(13)18)19-14-7-2-1-3-8-14/h9-10,12,14H,1-3,5,7-8,11H2. The summed E-state index contributed by atoms with van der Waals surface area (Å²) in [6.07, 6.45) is 6.63. The number of rotatable bonds is 3. The summed E-state index contributed by atoms with van der Waals surface area (Å²) in [5.41, 5.74) is 0.404. The predicted octanol–water partition coefficient (Wildman–Crippen LogP) is 4.52. The second kappa shape index (κ2) is 7.40. The van der Waals surface area contributed by atoms with Gasteiger partial charge in [-0.15, -0.1) is 11.6 Å². The van der Waals surface area contributed by atoms with Crippen molar-refractivity contribution in [3.63, 3.8) is 0 Å². The summed E-state index contributed by atoms with van der Waals surface area (Å²) in [4.78, 5) is 0. The van der Waals surface area contributed by atoms with Crippen molar-refractivity contribution in [1.82, 2.24) is 0 Å². The summed E-state index contributed by atoms with van der Waals surface area (Å²) in [6, 6.07) is 4.90. The van der Waals surface area contributed by atoms with Crippen LogP contribution in [0.5, 0.6) is 5.75 Å². The SMILES string of the molecule is Fc1cc(OC2CCCCC2)ccc1C#CCCCl. The molecule has 1 aromatic carbocycles. The van der Waals surface area contributed by atoms with Crippen molar-refractivity contribution < 1.29 is 9.13 Å². The number of halogens is 2. The largest absolute Gasteiger partial charge is 0.490 e. The van der Waals surface area contributed by atoms with E-state index in [0.29, 0.717) is 23.6 Å². The fourth-order valence-corrected chi connectivity index (χ4v) is 2.35. The molecule has 19 heavy (non-hydrogen) atoms. The van der Waals surface area contributed by atoms with E-state index in [2.05, 4.69) is 11.8 Å². The topological polar surface area (TPSA) is 9.23 Å². The Balaban J connectivity index is 2.00. The van der Waals surface area contributed by atoms with E-state index in [-0.39, 0.29) is 11.9 Å². The molecule has 0 aromatic heterocycles. The lowest BCUT2D eigenvalue weighted by molar-refractivity contribution is 0.154. The monoisotopic (exact) mass is 280 g/mol. The Labute approximate surface area is 119 Å². The van der Waals surface area contributed by atoms with Crippen LogP contribution >= 0.6 is 11.6 Å². The van der Waals surface area contributed by atoms with Crippen LogP contribution in [0.15, 0.2) is 18.2 Å². The summed E-state index contributed by atoms with van der Waals surface area (Å²) >= 11 is 5.52. The molecule has 0 atom stereocenters. The molecule has 1 aliphatic carbocycles. The maximum absolute atomic E-state index is 13.8. The molecule has 0 N–H and O–H groups in total.